The second kappa shape index (κ2) is 8.48. The van der Waals surface area contributed by atoms with Crippen LogP contribution in [0.15, 0.2) is 0 Å². The predicted molar refractivity (Wildman–Crippen MR) is 68.8 cm³/mol. The number of unbranched alkanes of at least 4 members (excludes halogenated alkanes) is 1. The lowest BCUT2D eigenvalue weighted by atomic mass is 9.95. The van der Waals surface area contributed by atoms with Gasteiger partial charge in [0.05, 0.1) is 6.61 Å². The van der Waals surface area contributed by atoms with Crippen molar-refractivity contribution in [3.8, 4) is 0 Å². The van der Waals surface area contributed by atoms with Gasteiger partial charge in [-0.05, 0) is 38.3 Å². The van der Waals surface area contributed by atoms with Crippen LogP contribution in [0.2, 0.25) is 0 Å². The van der Waals surface area contributed by atoms with E-state index in [0.717, 1.165) is 38.9 Å². The predicted octanol–water partition coefficient (Wildman–Crippen LogP) is 0.997. The minimum atomic E-state index is 0.0678. The summed E-state index contributed by atoms with van der Waals surface area (Å²) in [6, 6.07) is 0. The molecule has 0 bridgehead atoms. The smallest absolute Gasteiger partial charge is 0.222 e. The van der Waals surface area contributed by atoms with Crippen molar-refractivity contribution < 1.29 is 9.90 Å². The lowest BCUT2D eigenvalue weighted by molar-refractivity contribution is -0.133. The molecule has 0 aromatic heterocycles. The Morgan fingerprint density at radius 2 is 2.29 bits per heavy atom. The summed E-state index contributed by atoms with van der Waals surface area (Å²) in [6.45, 7) is 5.51. The molecule has 1 heterocycles. The van der Waals surface area contributed by atoms with Gasteiger partial charge >= 0.3 is 0 Å². The molecule has 100 valence electrons. The van der Waals surface area contributed by atoms with Gasteiger partial charge in [0.25, 0.3) is 0 Å². The molecule has 1 amide bonds. The number of hydrogen-bond acceptors (Lipinski definition) is 3. The fraction of sp³-hybridized carbons (Fsp3) is 0.923. The molecule has 0 aliphatic carbocycles. The van der Waals surface area contributed by atoms with Crippen molar-refractivity contribution in [2.24, 2.45) is 5.92 Å². The monoisotopic (exact) mass is 242 g/mol. The van der Waals surface area contributed by atoms with Gasteiger partial charge in [-0.3, -0.25) is 4.79 Å². The number of aliphatic hydroxyl groups excluding tert-OH is 1. The second-order valence-electron chi connectivity index (χ2n) is 4.87. The Labute approximate surface area is 104 Å². The van der Waals surface area contributed by atoms with E-state index < -0.39 is 0 Å². The van der Waals surface area contributed by atoms with Crippen molar-refractivity contribution in [1.82, 2.24) is 10.2 Å². The van der Waals surface area contributed by atoms with E-state index in [1.165, 1.54) is 6.42 Å². The first-order valence-electron chi connectivity index (χ1n) is 6.87. The van der Waals surface area contributed by atoms with Crippen LogP contribution >= 0.6 is 0 Å². The van der Waals surface area contributed by atoms with E-state index in [4.69, 9.17) is 5.11 Å². The summed E-state index contributed by atoms with van der Waals surface area (Å²) in [6.07, 6.45) is 5.07. The van der Waals surface area contributed by atoms with Crippen molar-refractivity contribution >= 4 is 5.91 Å². The quantitative estimate of drug-likeness (QED) is 0.700. The number of nitrogens with zero attached hydrogens (tertiary/aromatic N) is 1. The number of nitrogens with one attached hydrogen (secondary N) is 1. The Bertz CT molecular complexity index is 215. The highest BCUT2D eigenvalue weighted by molar-refractivity contribution is 5.76. The van der Waals surface area contributed by atoms with Gasteiger partial charge in [-0.15, -0.1) is 0 Å². The summed E-state index contributed by atoms with van der Waals surface area (Å²) < 4.78 is 0. The van der Waals surface area contributed by atoms with E-state index >= 15 is 0 Å². The molecule has 1 fully saturated rings. The van der Waals surface area contributed by atoms with E-state index in [2.05, 4.69) is 12.2 Å². The van der Waals surface area contributed by atoms with Crippen molar-refractivity contribution in [3.63, 3.8) is 0 Å². The molecule has 17 heavy (non-hydrogen) atoms. The third-order valence-corrected chi connectivity index (χ3v) is 3.37. The Morgan fingerprint density at radius 3 is 2.88 bits per heavy atom. The average molecular weight is 242 g/mol. The van der Waals surface area contributed by atoms with Crippen LogP contribution in [0.3, 0.4) is 0 Å². The van der Waals surface area contributed by atoms with Gasteiger partial charge < -0.3 is 15.3 Å². The first-order valence-corrected chi connectivity index (χ1v) is 6.87. The van der Waals surface area contributed by atoms with E-state index in [9.17, 15) is 4.79 Å². The zero-order valence-corrected chi connectivity index (χ0v) is 11.0. The molecule has 1 unspecified atom stereocenters. The summed E-state index contributed by atoms with van der Waals surface area (Å²) in [4.78, 5) is 13.9. The Morgan fingerprint density at radius 1 is 1.47 bits per heavy atom. The molecule has 2 N–H and O–H groups in total. The average Bonchev–Trinajstić information content (AvgIpc) is 2.35. The highest BCUT2D eigenvalue weighted by Crippen LogP contribution is 2.15. The maximum absolute atomic E-state index is 12.1. The van der Waals surface area contributed by atoms with E-state index in [0.29, 0.717) is 18.9 Å². The highest BCUT2D eigenvalue weighted by atomic mass is 16.3. The van der Waals surface area contributed by atoms with Crippen LogP contribution in [-0.4, -0.2) is 48.7 Å². The maximum Gasteiger partial charge on any atom is 0.222 e. The van der Waals surface area contributed by atoms with Crippen molar-refractivity contribution in [3.05, 3.63) is 0 Å². The molecule has 1 aliphatic rings. The SMILES string of the molecule is CCCCN(CCO)C(=O)CC1CCCNC1. The minimum Gasteiger partial charge on any atom is -0.395 e. The van der Waals surface area contributed by atoms with Crippen LogP contribution < -0.4 is 5.32 Å². The van der Waals surface area contributed by atoms with Crippen molar-refractivity contribution in [2.45, 2.75) is 39.0 Å². The zero-order chi connectivity index (χ0) is 12.5. The Hall–Kier alpha value is -0.610. The van der Waals surface area contributed by atoms with Crippen LogP contribution in [0.25, 0.3) is 0 Å². The molecule has 1 aliphatic heterocycles. The summed E-state index contributed by atoms with van der Waals surface area (Å²) in [7, 11) is 0. The molecule has 4 heteroatoms. The van der Waals surface area contributed by atoms with Crippen molar-refractivity contribution in [2.75, 3.05) is 32.8 Å². The van der Waals surface area contributed by atoms with Gasteiger partial charge in [-0.25, -0.2) is 0 Å². The highest BCUT2D eigenvalue weighted by Gasteiger charge is 2.20. The Kier molecular flexibility index (Phi) is 7.21. The molecule has 1 rings (SSSR count). The van der Waals surface area contributed by atoms with Crippen LogP contribution in [0.4, 0.5) is 0 Å². The van der Waals surface area contributed by atoms with Gasteiger partial charge in [-0.1, -0.05) is 13.3 Å². The normalized spacial score (nSPS) is 20.2. The summed E-state index contributed by atoms with van der Waals surface area (Å²) >= 11 is 0. The fourth-order valence-electron chi connectivity index (χ4n) is 2.31. The Balaban J connectivity index is 2.34. The van der Waals surface area contributed by atoms with Crippen LogP contribution in [0.5, 0.6) is 0 Å². The van der Waals surface area contributed by atoms with Gasteiger partial charge in [-0.2, -0.15) is 0 Å². The third kappa shape index (κ3) is 5.50. The molecule has 0 spiro atoms. The molecule has 0 aromatic carbocycles. The zero-order valence-electron chi connectivity index (χ0n) is 11.0. The molecule has 0 radical (unpaired) electrons. The summed E-state index contributed by atoms with van der Waals surface area (Å²) in [5.74, 6) is 0.695. The number of piperidine rings is 1. The number of amides is 1. The van der Waals surface area contributed by atoms with Crippen LogP contribution in [-0.2, 0) is 4.79 Å². The maximum atomic E-state index is 12.1. The van der Waals surface area contributed by atoms with Crippen molar-refractivity contribution in [1.29, 1.82) is 0 Å². The number of hydrogen-bond donors (Lipinski definition) is 2. The number of carbonyl (C=O) groups is 1. The van der Waals surface area contributed by atoms with Crippen LogP contribution in [0, 0.1) is 5.92 Å². The molecule has 1 saturated heterocycles. The molecule has 0 aromatic rings. The van der Waals surface area contributed by atoms with Gasteiger partial charge in [0, 0.05) is 19.5 Å². The topological polar surface area (TPSA) is 52.6 Å². The molecule has 4 nitrogen and oxygen atoms in total. The number of rotatable bonds is 7. The third-order valence-electron chi connectivity index (χ3n) is 3.37. The van der Waals surface area contributed by atoms with E-state index in [1.54, 1.807) is 0 Å². The fourth-order valence-corrected chi connectivity index (χ4v) is 2.31. The first kappa shape index (κ1) is 14.5. The molecule has 0 saturated carbocycles. The van der Waals surface area contributed by atoms with Crippen LogP contribution in [0.1, 0.15) is 39.0 Å². The minimum absolute atomic E-state index is 0.0678. The molecular weight excluding hydrogens is 216 g/mol. The number of carbonyl (C=O) groups excluding carboxylic acids is 1. The lowest BCUT2D eigenvalue weighted by Crippen LogP contribution is -2.38. The van der Waals surface area contributed by atoms with Gasteiger partial charge in [0.15, 0.2) is 0 Å². The largest absolute Gasteiger partial charge is 0.395 e. The summed E-state index contributed by atoms with van der Waals surface area (Å²) in [5, 5.41) is 12.3. The van der Waals surface area contributed by atoms with Gasteiger partial charge in [0.2, 0.25) is 5.91 Å². The summed E-state index contributed by atoms with van der Waals surface area (Å²) in [5.41, 5.74) is 0. The second-order valence-corrected chi connectivity index (χ2v) is 4.87. The van der Waals surface area contributed by atoms with E-state index in [-0.39, 0.29) is 12.5 Å². The first-order chi connectivity index (χ1) is 8.27. The van der Waals surface area contributed by atoms with E-state index in [1.807, 2.05) is 4.90 Å². The molecule has 1 atom stereocenters. The molecular formula is C13H26N2O2. The lowest BCUT2D eigenvalue weighted by Gasteiger charge is -2.27. The van der Waals surface area contributed by atoms with Gasteiger partial charge in [0.1, 0.15) is 0 Å². The standard InChI is InChI=1S/C13H26N2O2/c1-2-3-7-15(8-9-16)13(17)10-12-5-4-6-14-11-12/h12,14,16H,2-11H2,1H3. The number of aliphatic hydroxyl groups is 1.